The summed E-state index contributed by atoms with van der Waals surface area (Å²) in [5.41, 5.74) is 0. The summed E-state index contributed by atoms with van der Waals surface area (Å²) in [7, 11) is 0. The van der Waals surface area contributed by atoms with Gasteiger partial charge >= 0.3 is 0 Å². The third-order valence-electron chi connectivity index (χ3n) is 0.498. The molecule has 0 saturated carbocycles. The Labute approximate surface area is 58.3 Å². The molecule has 0 aliphatic heterocycles. The van der Waals surface area contributed by atoms with Gasteiger partial charge in [0.15, 0.2) is 0 Å². The molecule has 0 heterocycles. The van der Waals surface area contributed by atoms with Crippen molar-refractivity contribution in [2.75, 3.05) is 0 Å². The molecule has 0 aromatic rings. The van der Waals surface area contributed by atoms with Gasteiger partial charge in [-0.2, -0.15) is 0 Å². The zero-order valence-corrected chi connectivity index (χ0v) is 8.00. The standard InChI is InChI=1S/C4H8O.Pb/c1-3-4(2)5;/h3H2,1-2H3;. The monoisotopic (exact) mass is 280 g/mol. The van der Waals surface area contributed by atoms with Gasteiger partial charge in [-0.1, -0.05) is 6.92 Å². The van der Waals surface area contributed by atoms with Gasteiger partial charge in [0, 0.05) is 33.7 Å². The third kappa shape index (κ3) is 8.82. The maximum atomic E-state index is 9.81. The zero-order valence-electron chi connectivity index (χ0n) is 4.12. The van der Waals surface area contributed by atoms with E-state index in [-0.39, 0.29) is 33.1 Å². The van der Waals surface area contributed by atoms with Gasteiger partial charge in [0.05, 0.1) is 0 Å². The van der Waals surface area contributed by atoms with Gasteiger partial charge in [-0.15, -0.1) is 0 Å². The topological polar surface area (TPSA) is 17.1 Å². The van der Waals surface area contributed by atoms with Gasteiger partial charge in [-0.3, -0.25) is 0 Å². The van der Waals surface area contributed by atoms with E-state index in [0.717, 1.165) is 0 Å². The fourth-order valence-corrected chi connectivity index (χ4v) is 0. The van der Waals surface area contributed by atoms with Gasteiger partial charge in [-0.05, 0) is 6.92 Å². The maximum Gasteiger partial charge on any atom is 0.129 e. The molecule has 0 bridgehead atoms. The smallest absolute Gasteiger partial charge is 0.129 e. The van der Waals surface area contributed by atoms with Gasteiger partial charge in [0.2, 0.25) is 0 Å². The van der Waals surface area contributed by atoms with Crippen LogP contribution in [0.15, 0.2) is 0 Å². The summed E-state index contributed by atoms with van der Waals surface area (Å²) in [5.74, 6) is 0.255. The fraction of sp³-hybridized carbons (Fsp3) is 0.750. The fourth-order valence-electron chi connectivity index (χ4n) is 0. The Kier molecular flexibility index (Phi) is 9.11. The van der Waals surface area contributed by atoms with Crippen LogP contribution in [0.2, 0.25) is 0 Å². The molecule has 6 heavy (non-hydrogen) atoms. The van der Waals surface area contributed by atoms with Crippen LogP contribution >= 0.6 is 0 Å². The van der Waals surface area contributed by atoms with Crippen molar-refractivity contribution < 1.29 is 4.79 Å². The van der Waals surface area contributed by atoms with Crippen LogP contribution in [0.5, 0.6) is 0 Å². The van der Waals surface area contributed by atoms with Crippen molar-refractivity contribution in [3.05, 3.63) is 0 Å². The summed E-state index contributed by atoms with van der Waals surface area (Å²) < 4.78 is 0. The van der Waals surface area contributed by atoms with E-state index in [1.54, 1.807) is 6.92 Å². The minimum absolute atomic E-state index is 0. The second-order valence-electron chi connectivity index (χ2n) is 1.06. The Morgan fingerprint density at radius 3 is 1.83 bits per heavy atom. The van der Waals surface area contributed by atoms with Gasteiger partial charge < -0.3 is 4.79 Å². The van der Waals surface area contributed by atoms with Crippen LogP contribution in [-0.2, 0) is 4.79 Å². The molecule has 4 radical (unpaired) electrons. The van der Waals surface area contributed by atoms with Crippen LogP contribution in [0.4, 0.5) is 0 Å². The second kappa shape index (κ2) is 5.59. The molecule has 2 heteroatoms. The first-order valence-corrected chi connectivity index (χ1v) is 1.76. The zero-order chi connectivity index (χ0) is 4.28. The van der Waals surface area contributed by atoms with E-state index >= 15 is 0 Å². The molecular weight excluding hydrogens is 271 g/mol. The predicted octanol–water partition coefficient (Wildman–Crippen LogP) is 0.605. The maximum absolute atomic E-state index is 9.81. The van der Waals surface area contributed by atoms with Crippen molar-refractivity contribution in [2.45, 2.75) is 20.3 Å². The molecule has 0 aliphatic carbocycles. The molecule has 0 unspecified atom stereocenters. The van der Waals surface area contributed by atoms with E-state index in [1.165, 1.54) is 0 Å². The minimum atomic E-state index is 0. The molecule has 0 atom stereocenters. The molecule has 0 aliphatic rings. The van der Waals surface area contributed by atoms with Crippen molar-refractivity contribution in [1.82, 2.24) is 0 Å². The first kappa shape index (κ1) is 9.78. The summed E-state index contributed by atoms with van der Waals surface area (Å²) in [6.45, 7) is 3.43. The molecule has 0 rings (SSSR count). The summed E-state index contributed by atoms with van der Waals surface area (Å²) in [6, 6.07) is 0. The molecule has 0 fully saturated rings. The van der Waals surface area contributed by atoms with E-state index < -0.39 is 0 Å². The SMILES string of the molecule is CCC(C)=O.[Pb]. The first-order valence-electron chi connectivity index (χ1n) is 1.76. The summed E-state index contributed by atoms with van der Waals surface area (Å²) in [6.07, 6.45) is 0.667. The van der Waals surface area contributed by atoms with E-state index in [9.17, 15) is 4.79 Å². The summed E-state index contributed by atoms with van der Waals surface area (Å²) in [4.78, 5) is 9.81. The molecule has 0 aromatic carbocycles. The molecular formula is C4H8OPb. The van der Waals surface area contributed by atoms with Gasteiger partial charge in [0.25, 0.3) is 0 Å². The van der Waals surface area contributed by atoms with Gasteiger partial charge in [-0.25, -0.2) is 0 Å². The normalized spacial score (nSPS) is 6.33. The van der Waals surface area contributed by atoms with Crippen LogP contribution < -0.4 is 0 Å². The Morgan fingerprint density at radius 2 is 1.83 bits per heavy atom. The van der Waals surface area contributed by atoms with Crippen molar-refractivity contribution in [3.8, 4) is 0 Å². The third-order valence-corrected chi connectivity index (χ3v) is 0.498. The number of hydrogen-bond donors (Lipinski definition) is 0. The summed E-state index contributed by atoms with van der Waals surface area (Å²) >= 11 is 0. The van der Waals surface area contributed by atoms with E-state index in [0.29, 0.717) is 6.42 Å². The Hall–Kier alpha value is 0.592. The predicted molar refractivity (Wildman–Crippen MR) is 26.7 cm³/mol. The summed E-state index contributed by atoms with van der Waals surface area (Å²) in [5, 5.41) is 0. The molecule has 0 N–H and O–H groups in total. The van der Waals surface area contributed by atoms with Crippen molar-refractivity contribution in [2.24, 2.45) is 0 Å². The number of rotatable bonds is 1. The van der Waals surface area contributed by atoms with Crippen LogP contribution in [0.1, 0.15) is 20.3 Å². The molecule has 34 valence electrons. The van der Waals surface area contributed by atoms with Crippen LogP contribution in [0, 0.1) is 0 Å². The first-order chi connectivity index (χ1) is 2.27. The average molecular weight is 279 g/mol. The number of carbonyl (C=O) groups is 1. The molecule has 0 aromatic heterocycles. The quantitative estimate of drug-likeness (QED) is 0.643. The van der Waals surface area contributed by atoms with Crippen molar-refractivity contribution in [1.29, 1.82) is 0 Å². The molecule has 0 spiro atoms. The van der Waals surface area contributed by atoms with Crippen LogP contribution in [0.3, 0.4) is 0 Å². The largest absolute Gasteiger partial charge is 0.300 e. The number of carbonyl (C=O) groups excluding carboxylic acids is 1. The number of ketones is 1. The second-order valence-corrected chi connectivity index (χ2v) is 1.06. The average Bonchev–Trinajstić information content (AvgIpc) is 1.38. The molecule has 0 amide bonds. The van der Waals surface area contributed by atoms with E-state index in [4.69, 9.17) is 0 Å². The Morgan fingerprint density at radius 1 is 1.67 bits per heavy atom. The molecule has 1 nitrogen and oxygen atoms in total. The Balaban J connectivity index is 0. The van der Waals surface area contributed by atoms with Crippen molar-refractivity contribution >= 4 is 33.1 Å². The number of hydrogen-bond acceptors (Lipinski definition) is 1. The number of Topliss-reactive ketones (excluding diaryl/α,β-unsaturated/α-hetero) is 1. The van der Waals surface area contributed by atoms with Gasteiger partial charge in [0.1, 0.15) is 5.78 Å². The van der Waals surface area contributed by atoms with E-state index in [2.05, 4.69) is 0 Å². The van der Waals surface area contributed by atoms with Crippen LogP contribution in [0.25, 0.3) is 0 Å². The minimum Gasteiger partial charge on any atom is -0.300 e. The Bertz CT molecular complexity index is 42.8. The van der Waals surface area contributed by atoms with Crippen LogP contribution in [-0.4, -0.2) is 33.1 Å². The van der Waals surface area contributed by atoms with E-state index in [1.807, 2.05) is 6.92 Å². The van der Waals surface area contributed by atoms with Crippen molar-refractivity contribution in [3.63, 3.8) is 0 Å². The molecule has 0 saturated heterocycles.